The summed E-state index contributed by atoms with van der Waals surface area (Å²) in [6.07, 6.45) is 0. The average molecular weight is 451 g/mol. The van der Waals surface area contributed by atoms with Gasteiger partial charge < -0.3 is 18.9 Å². The Labute approximate surface area is 203 Å². The quantitative estimate of drug-likeness (QED) is 0.250. The fraction of sp³-hybridized carbons (Fsp3) is 0. The molecule has 5 heteroatoms. The molecule has 0 unspecified atom stereocenters. The Balaban J connectivity index is 1.33. The van der Waals surface area contributed by atoms with Crippen molar-refractivity contribution >= 4 is 29.6 Å². The van der Waals surface area contributed by atoms with E-state index in [-0.39, 0.29) is 0 Å². The summed E-state index contributed by atoms with van der Waals surface area (Å²) >= 11 is 0. The number of anilines is 3. The van der Waals surface area contributed by atoms with Crippen molar-refractivity contribution in [2.45, 2.75) is 0 Å². The molecule has 5 aromatic rings. The predicted molar refractivity (Wildman–Crippen MR) is 139 cm³/mol. The molecule has 164 valence electrons. The summed E-state index contributed by atoms with van der Waals surface area (Å²) in [6, 6.07) is 37.2. The highest BCUT2D eigenvalue weighted by Crippen LogP contribution is 2.51. The lowest BCUT2D eigenvalue weighted by Crippen LogP contribution is -2.49. The van der Waals surface area contributed by atoms with Crippen molar-refractivity contribution < 1.29 is 14.0 Å². The van der Waals surface area contributed by atoms with E-state index in [9.17, 15) is 0 Å². The molecule has 3 aliphatic heterocycles. The standard InChI is InChI=1S/C30H18BNO3/c1-4-13-26-20(8-1)21-9-7-10-22-23-18-19(16-17-27(23)35-31(34-26)30(21)22)32-24-11-2-5-14-28(24)33-29-15-6-3-12-25(29)32/h1-18H. The molecule has 0 aromatic heterocycles. The summed E-state index contributed by atoms with van der Waals surface area (Å²) in [5, 5.41) is 0. The molecule has 0 N–H and O–H groups in total. The van der Waals surface area contributed by atoms with Crippen molar-refractivity contribution in [1.82, 2.24) is 0 Å². The van der Waals surface area contributed by atoms with Crippen molar-refractivity contribution in [2.75, 3.05) is 4.90 Å². The van der Waals surface area contributed by atoms with E-state index in [1.807, 2.05) is 60.7 Å². The monoisotopic (exact) mass is 451 g/mol. The van der Waals surface area contributed by atoms with Crippen LogP contribution in [0.25, 0.3) is 22.3 Å². The van der Waals surface area contributed by atoms with Crippen molar-refractivity contribution in [2.24, 2.45) is 0 Å². The molecule has 0 fully saturated rings. The predicted octanol–water partition coefficient (Wildman–Crippen LogP) is 7.08. The van der Waals surface area contributed by atoms with Crippen molar-refractivity contribution in [3.63, 3.8) is 0 Å². The van der Waals surface area contributed by atoms with Crippen LogP contribution in [0.15, 0.2) is 109 Å². The van der Waals surface area contributed by atoms with Gasteiger partial charge >= 0.3 is 7.12 Å². The van der Waals surface area contributed by atoms with E-state index in [0.29, 0.717) is 0 Å². The summed E-state index contributed by atoms with van der Waals surface area (Å²) in [7, 11) is -0.459. The van der Waals surface area contributed by atoms with Crippen LogP contribution in [0, 0.1) is 0 Å². The zero-order valence-corrected chi connectivity index (χ0v) is 18.6. The molecule has 0 bridgehead atoms. The average Bonchev–Trinajstić information content (AvgIpc) is 2.92. The molecule has 35 heavy (non-hydrogen) atoms. The number of benzene rings is 5. The van der Waals surface area contributed by atoms with Gasteiger partial charge in [-0.15, -0.1) is 0 Å². The molecule has 0 amide bonds. The third-order valence-corrected chi connectivity index (χ3v) is 6.93. The van der Waals surface area contributed by atoms with Gasteiger partial charge in [-0.25, -0.2) is 0 Å². The van der Waals surface area contributed by atoms with Gasteiger partial charge in [0.2, 0.25) is 0 Å². The molecular formula is C30H18BNO3. The van der Waals surface area contributed by atoms with Gasteiger partial charge in [-0.2, -0.15) is 0 Å². The molecule has 0 saturated carbocycles. The Morgan fingerprint density at radius 3 is 1.80 bits per heavy atom. The Hall–Kier alpha value is -4.64. The lowest BCUT2D eigenvalue weighted by molar-refractivity contribution is 0.436. The van der Waals surface area contributed by atoms with Gasteiger partial charge in [0.15, 0.2) is 11.5 Å². The summed E-state index contributed by atoms with van der Waals surface area (Å²) in [4.78, 5) is 2.25. The first kappa shape index (κ1) is 18.8. The molecule has 0 spiro atoms. The summed E-state index contributed by atoms with van der Waals surface area (Å²) in [5.74, 6) is 3.34. The van der Waals surface area contributed by atoms with Gasteiger partial charge in [0.05, 0.1) is 11.4 Å². The van der Waals surface area contributed by atoms with Crippen LogP contribution < -0.4 is 24.4 Å². The van der Waals surface area contributed by atoms with Crippen LogP contribution >= 0.6 is 0 Å². The first-order valence-electron chi connectivity index (χ1n) is 11.7. The molecule has 0 saturated heterocycles. The van der Waals surface area contributed by atoms with Crippen molar-refractivity contribution in [1.29, 1.82) is 0 Å². The van der Waals surface area contributed by atoms with E-state index in [1.165, 1.54) is 0 Å². The highest BCUT2D eigenvalue weighted by atomic mass is 16.6. The third kappa shape index (κ3) is 2.63. The van der Waals surface area contributed by atoms with Crippen LogP contribution in [0.1, 0.15) is 0 Å². The number of nitrogens with zero attached hydrogens (tertiary/aromatic N) is 1. The van der Waals surface area contributed by atoms with E-state index in [1.54, 1.807) is 0 Å². The second-order valence-electron chi connectivity index (χ2n) is 8.88. The number of fused-ring (bicyclic) bond motifs is 6. The SMILES string of the molecule is c1ccc2c(c1)OB1Oc3ccc(N4c5ccccc5Oc5ccccc54)cc3-c3cccc-2c31. The maximum Gasteiger partial charge on any atom is 0.633 e. The second-order valence-corrected chi connectivity index (χ2v) is 8.88. The molecular weight excluding hydrogens is 433 g/mol. The van der Waals surface area contributed by atoms with E-state index in [0.717, 1.165) is 67.8 Å². The lowest BCUT2D eigenvalue weighted by atomic mass is 9.66. The molecule has 4 nitrogen and oxygen atoms in total. The first-order valence-corrected chi connectivity index (χ1v) is 11.7. The molecule has 3 heterocycles. The zero-order valence-electron chi connectivity index (χ0n) is 18.6. The fourth-order valence-corrected chi connectivity index (χ4v) is 5.41. The minimum Gasteiger partial charge on any atom is -0.521 e. The molecule has 5 aromatic carbocycles. The van der Waals surface area contributed by atoms with Crippen LogP contribution in [0.4, 0.5) is 17.1 Å². The van der Waals surface area contributed by atoms with Crippen LogP contribution in [0.2, 0.25) is 0 Å². The molecule has 0 radical (unpaired) electrons. The number of rotatable bonds is 1. The van der Waals surface area contributed by atoms with E-state index in [4.69, 9.17) is 14.0 Å². The summed E-state index contributed by atoms with van der Waals surface area (Å²) in [6.45, 7) is 0. The van der Waals surface area contributed by atoms with Gasteiger partial charge in [0, 0.05) is 22.3 Å². The van der Waals surface area contributed by atoms with E-state index < -0.39 is 7.12 Å². The number of para-hydroxylation sites is 5. The van der Waals surface area contributed by atoms with Gasteiger partial charge in [0.25, 0.3) is 0 Å². The number of ether oxygens (including phenoxy) is 1. The first-order chi connectivity index (χ1) is 17.3. The molecule has 0 atom stereocenters. The maximum atomic E-state index is 6.41. The number of hydrogen-bond acceptors (Lipinski definition) is 4. The largest absolute Gasteiger partial charge is 0.633 e. The van der Waals surface area contributed by atoms with Crippen LogP contribution in [0.5, 0.6) is 23.0 Å². The Bertz CT molecular complexity index is 1620. The fourth-order valence-electron chi connectivity index (χ4n) is 5.41. The van der Waals surface area contributed by atoms with Gasteiger partial charge in [-0.05, 0) is 59.7 Å². The summed E-state index contributed by atoms with van der Waals surface area (Å²) < 4.78 is 18.9. The Kier molecular flexibility index (Phi) is 3.72. The normalized spacial score (nSPS) is 13.7. The van der Waals surface area contributed by atoms with E-state index in [2.05, 4.69) is 53.4 Å². The Morgan fingerprint density at radius 2 is 1.06 bits per heavy atom. The Morgan fingerprint density at radius 1 is 0.486 bits per heavy atom. The third-order valence-electron chi connectivity index (χ3n) is 6.93. The molecule has 0 aliphatic carbocycles. The minimum absolute atomic E-state index is 0.459. The molecule has 3 aliphatic rings. The highest BCUT2D eigenvalue weighted by molar-refractivity contribution is 6.68. The number of hydrogen-bond donors (Lipinski definition) is 0. The van der Waals surface area contributed by atoms with E-state index >= 15 is 0 Å². The second kappa shape index (κ2) is 6.94. The van der Waals surface area contributed by atoms with Crippen LogP contribution in [0.3, 0.4) is 0 Å². The van der Waals surface area contributed by atoms with Crippen molar-refractivity contribution in [3.05, 3.63) is 109 Å². The lowest BCUT2D eigenvalue weighted by Gasteiger charge is -2.35. The van der Waals surface area contributed by atoms with Gasteiger partial charge in [0.1, 0.15) is 11.5 Å². The van der Waals surface area contributed by atoms with Crippen molar-refractivity contribution in [3.8, 4) is 45.3 Å². The summed E-state index contributed by atoms with van der Waals surface area (Å²) in [5.41, 5.74) is 8.59. The van der Waals surface area contributed by atoms with Crippen LogP contribution in [-0.2, 0) is 0 Å². The minimum atomic E-state index is -0.459. The van der Waals surface area contributed by atoms with Gasteiger partial charge in [-0.1, -0.05) is 60.7 Å². The smallest absolute Gasteiger partial charge is 0.521 e. The van der Waals surface area contributed by atoms with Crippen LogP contribution in [-0.4, -0.2) is 7.12 Å². The maximum absolute atomic E-state index is 6.41. The van der Waals surface area contributed by atoms with Gasteiger partial charge in [-0.3, -0.25) is 0 Å². The zero-order chi connectivity index (χ0) is 22.9. The highest BCUT2D eigenvalue weighted by Gasteiger charge is 2.41. The molecule has 8 rings (SSSR count). The topological polar surface area (TPSA) is 30.9 Å².